The first-order valence-electron chi connectivity index (χ1n) is 10.1. The first-order chi connectivity index (χ1) is 13.5. The van der Waals surface area contributed by atoms with Crippen molar-refractivity contribution in [2.45, 2.75) is 65.5 Å². The average molecular weight is 419 g/mol. The summed E-state index contributed by atoms with van der Waals surface area (Å²) < 4.78 is 7.44. The van der Waals surface area contributed by atoms with Crippen molar-refractivity contribution in [3.63, 3.8) is 0 Å². The quantitative estimate of drug-likeness (QED) is 0.462. The van der Waals surface area contributed by atoms with Crippen LogP contribution in [0.2, 0.25) is 25.7 Å². The van der Waals surface area contributed by atoms with E-state index in [1.165, 1.54) is 0 Å². The normalized spacial score (nSPS) is 14.6. The van der Waals surface area contributed by atoms with Crippen LogP contribution in [0.25, 0.3) is 0 Å². The van der Waals surface area contributed by atoms with Crippen molar-refractivity contribution in [3.05, 3.63) is 41.7 Å². The topological polar surface area (TPSA) is 90.1 Å². The second-order valence-corrected chi connectivity index (χ2v) is 15.5. The third kappa shape index (κ3) is 7.04. The second-order valence-electron chi connectivity index (χ2n) is 9.86. The molecule has 0 fully saturated rings. The van der Waals surface area contributed by atoms with Crippen molar-refractivity contribution in [2.75, 3.05) is 6.61 Å². The molecule has 2 rings (SSSR count). The molecule has 160 valence electrons. The number of carboxylic acids is 1. The van der Waals surface area contributed by atoms with E-state index in [0.717, 1.165) is 11.6 Å². The molecule has 0 saturated carbocycles. The van der Waals surface area contributed by atoms with Crippen LogP contribution in [0.15, 0.2) is 30.3 Å². The zero-order chi connectivity index (χ0) is 21.7. The van der Waals surface area contributed by atoms with Crippen molar-refractivity contribution >= 4 is 14.0 Å². The monoisotopic (exact) mass is 418 g/mol. The Morgan fingerprint density at radius 3 is 2.41 bits per heavy atom. The highest BCUT2D eigenvalue weighted by Crippen LogP contribution is 2.39. The Morgan fingerprint density at radius 2 is 1.86 bits per heavy atom. The molecule has 0 bridgehead atoms. The van der Waals surface area contributed by atoms with Gasteiger partial charge in [0.25, 0.3) is 0 Å². The molecule has 0 saturated heterocycles. The van der Waals surface area contributed by atoms with Crippen molar-refractivity contribution < 1.29 is 14.6 Å². The first-order valence-corrected chi connectivity index (χ1v) is 13.8. The molecule has 2 unspecified atom stereocenters. The summed E-state index contributed by atoms with van der Waals surface area (Å²) in [5.74, 6) is -1.29. The zero-order valence-electron chi connectivity index (χ0n) is 18.4. The fourth-order valence-electron chi connectivity index (χ4n) is 3.47. The standard InChI is InChI=1S/C21H34N4O3Si/c1-21(2,3)18(20(26)27)17(14-16-10-8-7-9-11-16)19-22-23-24-25(19)15-28-12-13-29(4,5)6/h7-11,17-18H,12-15H2,1-6H3,(H,26,27). The van der Waals surface area contributed by atoms with Crippen LogP contribution in [-0.2, 0) is 22.7 Å². The molecule has 8 heteroatoms. The Kier molecular flexibility index (Phi) is 7.71. The molecule has 29 heavy (non-hydrogen) atoms. The Hall–Kier alpha value is -2.06. The number of carboxylic acid groups (broad SMARTS) is 1. The molecule has 0 radical (unpaired) electrons. The smallest absolute Gasteiger partial charge is 0.307 e. The lowest BCUT2D eigenvalue weighted by Crippen LogP contribution is -2.36. The zero-order valence-corrected chi connectivity index (χ0v) is 19.4. The number of benzene rings is 1. The summed E-state index contributed by atoms with van der Waals surface area (Å²) in [6.07, 6.45) is 0.546. The summed E-state index contributed by atoms with van der Waals surface area (Å²) in [6, 6.07) is 10.9. The van der Waals surface area contributed by atoms with Crippen molar-refractivity contribution in [3.8, 4) is 0 Å². The number of tetrazole rings is 1. The van der Waals surface area contributed by atoms with Gasteiger partial charge in [0.15, 0.2) is 5.82 Å². The van der Waals surface area contributed by atoms with Gasteiger partial charge in [0.05, 0.1) is 5.92 Å². The third-order valence-corrected chi connectivity index (χ3v) is 6.71. The molecular formula is C21H34N4O3Si. The van der Waals surface area contributed by atoms with E-state index < -0.39 is 25.4 Å². The largest absolute Gasteiger partial charge is 0.481 e. The van der Waals surface area contributed by atoms with Crippen LogP contribution in [0, 0.1) is 11.3 Å². The third-order valence-electron chi connectivity index (χ3n) is 5.00. The maximum atomic E-state index is 12.3. The van der Waals surface area contributed by atoms with Gasteiger partial charge < -0.3 is 9.84 Å². The number of nitrogens with zero attached hydrogens (tertiary/aromatic N) is 4. The maximum Gasteiger partial charge on any atom is 0.307 e. The lowest BCUT2D eigenvalue weighted by molar-refractivity contribution is -0.146. The number of ether oxygens (including phenoxy) is 1. The van der Waals surface area contributed by atoms with Gasteiger partial charge in [-0.05, 0) is 33.9 Å². The Bertz CT molecular complexity index is 781. The van der Waals surface area contributed by atoms with Crippen LogP contribution in [0.4, 0.5) is 0 Å². The van der Waals surface area contributed by atoms with Gasteiger partial charge in [-0.25, -0.2) is 4.68 Å². The highest BCUT2D eigenvalue weighted by molar-refractivity contribution is 6.76. The number of hydrogen-bond donors (Lipinski definition) is 1. The summed E-state index contributed by atoms with van der Waals surface area (Å²) in [4.78, 5) is 12.3. The number of aliphatic carboxylic acids is 1. The van der Waals surface area contributed by atoms with Crippen LogP contribution in [0.3, 0.4) is 0 Å². The highest BCUT2D eigenvalue weighted by atomic mass is 28.3. The SMILES string of the molecule is CC(C)(C)C(C(=O)O)C(Cc1ccccc1)c1nnnn1COCC[Si](C)(C)C. The van der Waals surface area contributed by atoms with Gasteiger partial charge in [-0.1, -0.05) is 70.7 Å². The first kappa shape index (κ1) is 23.2. The summed E-state index contributed by atoms with van der Waals surface area (Å²) in [5.41, 5.74) is 0.600. The highest BCUT2D eigenvalue weighted by Gasteiger charge is 2.41. The predicted octanol–water partition coefficient (Wildman–Crippen LogP) is 4.06. The van der Waals surface area contributed by atoms with E-state index in [0.29, 0.717) is 18.9 Å². The minimum atomic E-state index is -1.19. The van der Waals surface area contributed by atoms with Gasteiger partial charge in [0.2, 0.25) is 0 Å². The molecule has 0 aliphatic rings. The molecule has 7 nitrogen and oxygen atoms in total. The molecule has 2 aromatic rings. The molecule has 0 spiro atoms. The van der Waals surface area contributed by atoms with Gasteiger partial charge >= 0.3 is 5.97 Å². The molecule has 0 aliphatic carbocycles. The molecule has 1 aromatic carbocycles. The Labute approximate surface area is 174 Å². The van der Waals surface area contributed by atoms with E-state index >= 15 is 0 Å². The number of carbonyl (C=O) groups is 1. The summed E-state index contributed by atoms with van der Waals surface area (Å²) in [6.45, 7) is 13.6. The molecule has 0 aliphatic heterocycles. The molecule has 0 amide bonds. The fraction of sp³-hybridized carbons (Fsp3) is 0.619. The van der Waals surface area contributed by atoms with Gasteiger partial charge in [-0.15, -0.1) is 5.10 Å². The van der Waals surface area contributed by atoms with Crippen molar-refractivity contribution in [1.29, 1.82) is 0 Å². The molecule has 1 aromatic heterocycles. The lowest BCUT2D eigenvalue weighted by Gasteiger charge is -2.33. The summed E-state index contributed by atoms with van der Waals surface area (Å²) in [5, 5.41) is 22.2. The number of aromatic nitrogens is 4. The van der Waals surface area contributed by atoms with E-state index in [2.05, 4.69) is 35.2 Å². The van der Waals surface area contributed by atoms with Gasteiger partial charge in [0.1, 0.15) is 6.73 Å². The summed E-state index contributed by atoms with van der Waals surface area (Å²) >= 11 is 0. The Balaban J connectivity index is 2.29. The van der Waals surface area contributed by atoms with Crippen molar-refractivity contribution in [2.24, 2.45) is 11.3 Å². The predicted molar refractivity (Wildman–Crippen MR) is 115 cm³/mol. The van der Waals surface area contributed by atoms with Crippen molar-refractivity contribution in [1.82, 2.24) is 20.2 Å². The van der Waals surface area contributed by atoms with Gasteiger partial charge in [0, 0.05) is 20.6 Å². The van der Waals surface area contributed by atoms with E-state index in [9.17, 15) is 9.90 Å². The van der Waals surface area contributed by atoms with E-state index in [1.54, 1.807) is 4.68 Å². The molecule has 1 heterocycles. The molecule has 2 atom stereocenters. The van der Waals surface area contributed by atoms with Gasteiger partial charge in [-0.3, -0.25) is 4.79 Å². The minimum absolute atomic E-state index is 0.231. The number of rotatable bonds is 10. The van der Waals surface area contributed by atoms with Gasteiger partial charge in [-0.2, -0.15) is 0 Å². The second kappa shape index (κ2) is 9.62. The number of hydrogen-bond acceptors (Lipinski definition) is 5. The van der Waals surface area contributed by atoms with E-state index in [1.807, 2.05) is 51.1 Å². The van der Waals surface area contributed by atoms with E-state index in [-0.39, 0.29) is 12.6 Å². The average Bonchev–Trinajstić information content (AvgIpc) is 3.05. The van der Waals surface area contributed by atoms with Crippen LogP contribution >= 0.6 is 0 Å². The Morgan fingerprint density at radius 1 is 1.21 bits per heavy atom. The van der Waals surface area contributed by atoms with Crippen LogP contribution in [-0.4, -0.2) is 46.0 Å². The van der Waals surface area contributed by atoms with E-state index in [4.69, 9.17) is 4.74 Å². The van der Waals surface area contributed by atoms with Crippen LogP contribution < -0.4 is 0 Å². The van der Waals surface area contributed by atoms with Crippen LogP contribution in [0.5, 0.6) is 0 Å². The maximum absolute atomic E-state index is 12.3. The minimum Gasteiger partial charge on any atom is -0.481 e. The van der Waals surface area contributed by atoms with Crippen LogP contribution in [0.1, 0.15) is 38.1 Å². The fourth-order valence-corrected chi connectivity index (χ4v) is 4.23. The molecule has 1 N–H and O–H groups in total. The lowest BCUT2D eigenvalue weighted by atomic mass is 9.71. The summed E-state index contributed by atoms with van der Waals surface area (Å²) in [7, 11) is -1.19. The molecular weight excluding hydrogens is 384 g/mol.